The lowest BCUT2D eigenvalue weighted by Crippen LogP contribution is -2.06. The van der Waals surface area contributed by atoms with E-state index in [0.29, 0.717) is 47.2 Å². The molecule has 0 saturated carbocycles. The van der Waals surface area contributed by atoms with Crippen molar-refractivity contribution in [2.45, 2.75) is 25.9 Å². The number of rotatable bonds is 12. The Bertz CT molecular complexity index is 996. The van der Waals surface area contributed by atoms with Gasteiger partial charge in [0.05, 0.1) is 30.0 Å². The number of oxime groups is 1. The molecule has 2 rings (SSSR count). The molecule has 1 heterocycles. The third-order valence-corrected chi connectivity index (χ3v) is 4.83. The molecule has 34 heavy (non-hydrogen) atoms. The summed E-state index contributed by atoms with van der Waals surface area (Å²) in [6.07, 6.45) is -1.01. The van der Waals surface area contributed by atoms with Gasteiger partial charge in [-0.15, -0.1) is 0 Å². The quantitative estimate of drug-likeness (QED) is 0.164. The minimum Gasteiger partial charge on any atom is -0.494 e. The first-order valence-electron chi connectivity index (χ1n) is 9.96. The van der Waals surface area contributed by atoms with Crippen LogP contribution in [-0.4, -0.2) is 37.6 Å². The topological polar surface area (TPSA) is 62.2 Å². The lowest BCUT2D eigenvalue weighted by Gasteiger charge is -2.13. The summed E-state index contributed by atoms with van der Waals surface area (Å²) in [7, 11) is 1.49. The van der Waals surface area contributed by atoms with Gasteiger partial charge in [-0.3, -0.25) is 0 Å². The van der Waals surface area contributed by atoms with E-state index in [0.717, 1.165) is 12.3 Å². The highest BCUT2D eigenvalue weighted by Gasteiger charge is 2.30. The van der Waals surface area contributed by atoms with Crippen LogP contribution in [-0.2, 0) is 11.0 Å². The molecule has 0 saturated heterocycles. The van der Waals surface area contributed by atoms with Crippen molar-refractivity contribution in [3.8, 4) is 17.4 Å². The summed E-state index contributed by atoms with van der Waals surface area (Å²) in [6.45, 7) is 2.45. The molecule has 1 aromatic heterocycles. The van der Waals surface area contributed by atoms with Crippen molar-refractivity contribution in [1.29, 1.82) is 0 Å². The zero-order valence-electron chi connectivity index (χ0n) is 18.3. The first-order valence-corrected chi connectivity index (χ1v) is 11.1. The molecule has 12 heteroatoms. The van der Waals surface area contributed by atoms with E-state index in [4.69, 9.17) is 53.9 Å². The fraction of sp³-hybridized carbons (Fsp3) is 0.364. The van der Waals surface area contributed by atoms with Crippen molar-refractivity contribution < 1.29 is 32.2 Å². The summed E-state index contributed by atoms with van der Waals surface area (Å²) in [5, 5.41) is 4.42. The van der Waals surface area contributed by atoms with Gasteiger partial charge in [-0.25, -0.2) is 4.98 Å². The third kappa shape index (κ3) is 9.12. The number of benzene rings is 1. The SMILES string of the molecule is COc1c(Cl)cc(OCC=C(Cl)Cl)cc1/C(C)=N/OCCCCOc1ccc(C(F)(F)F)cn1. The predicted octanol–water partition coefficient (Wildman–Crippen LogP) is 7.06. The molecular weight excluding hydrogens is 520 g/mol. The maximum Gasteiger partial charge on any atom is 0.417 e. The van der Waals surface area contributed by atoms with E-state index in [2.05, 4.69) is 10.1 Å². The van der Waals surface area contributed by atoms with Crippen LogP contribution in [0.3, 0.4) is 0 Å². The monoisotopic (exact) mass is 540 g/mol. The van der Waals surface area contributed by atoms with Crippen LogP contribution in [0.15, 0.2) is 46.2 Å². The zero-order valence-corrected chi connectivity index (χ0v) is 20.6. The van der Waals surface area contributed by atoms with Gasteiger partial charge in [-0.1, -0.05) is 40.0 Å². The first kappa shape index (κ1) is 27.9. The second kappa shape index (κ2) is 13.5. The van der Waals surface area contributed by atoms with Crippen LogP contribution in [0, 0.1) is 0 Å². The highest BCUT2D eigenvalue weighted by molar-refractivity contribution is 6.55. The van der Waals surface area contributed by atoms with E-state index in [1.165, 1.54) is 19.3 Å². The van der Waals surface area contributed by atoms with Crippen molar-refractivity contribution in [2.24, 2.45) is 5.16 Å². The number of nitrogens with zero attached hydrogens (tertiary/aromatic N) is 2. The molecule has 0 bridgehead atoms. The Labute approximate surface area is 210 Å². The largest absolute Gasteiger partial charge is 0.494 e. The number of methoxy groups -OCH3 is 1. The lowest BCUT2D eigenvalue weighted by atomic mass is 10.1. The minimum atomic E-state index is -4.43. The number of hydrogen-bond acceptors (Lipinski definition) is 6. The second-order valence-electron chi connectivity index (χ2n) is 6.74. The van der Waals surface area contributed by atoms with Gasteiger partial charge in [-0.2, -0.15) is 13.2 Å². The van der Waals surface area contributed by atoms with Crippen LogP contribution in [0.4, 0.5) is 13.2 Å². The van der Waals surface area contributed by atoms with Crippen molar-refractivity contribution >= 4 is 40.5 Å². The number of halogens is 6. The summed E-state index contributed by atoms with van der Waals surface area (Å²) < 4.78 is 53.9. The minimum absolute atomic E-state index is 0.0898. The number of unbranched alkanes of at least 4 members (excludes halogenated alkanes) is 1. The normalized spacial score (nSPS) is 11.7. The maximum absolute atomic E-state index is 12.5. The number of ether oxygens (including phenoxy) is 3. The summed E-state index contributed by atoms with van der Waals surface area (Å²) in [6, 6.07) is 5.41. The van der Waals surface area contributed by atoms with Gasteiger partial charge >= 0.3 is 6.18 Å². The molecule has 0 unspecified atom stereocenters. The van der Waals surface area contributed by atoms with Gasteiger partial charge in [0, 0.05) is 23.9 Å². The third-order valence-electron chi connectivity index (χ3n) is 4.24. The van der Waals surface area contributed by atoms with Crippen LogP contribution < -0.4 is 14.2 Å². The molecule has 0 aliphatic carbocycles. The summed E-state index contributed by atoms with van der Waals surface area (Å²) in [5.74, 6) is 1.01. The van der Waals surface area contributed by atoms with E-state index in [1.807, 2.05) is 0 Å². The van der Waals surface area contributed by atoms with E-state index >= 15 is 0 Å². The Balaban J connectivity index is 1.83. The van der Waals surface area contributed by atoms with E-state index in [9.17, 15) is 13.2 Å². The van der Waals surface area contributed by atoms with E-state index in [-0.39, 0.29) is 23.6 Å². The molecule has 0 amide bonds. The van der Waals surface area contributed by atoms with Gasteiger partial charge < -0.3 is 19.0 Å². The molecule has 0 aliphatic rings. The van der Waals surface area contributed by atoms with Crippen LogP contribution in [0.1, 0.15) is 30.9 Å². The van der Waals surface area contributed by atoms with Crippen LogP contribution in [0.25, 0.3) is 0 Å². The van der Waals surface area contributed by atoms with Crippen LogP contribution in [0.5, 0.6) is 17.4 Å². The Kier molecular flexibility index (Phi) is 11.1. The van der Waals surface area contributed by atoms with Gasteiger partial charge in [0.15, 0.2) is 0 Å². The molecule has 6 nitrogen and oxygen atoms in total. The molecule has 0 atom stereocenters. The Morgan fingerprint density at radius 3 is 2.47 bits per heavy atom. The van der Waals surface area contributed by atoms with Gasteiger partial charge in [-0.05, 0) is 38.0 Å². The summed E-state index contributed by atoms with van der Waals surface area (Å²) >= 11 is 17.4. The standard InChI is InChI=1S/C22H22Cl3F3N2O4/c1-14(17-11-16(32-10-7-19(24)25)12-18(23)21(17)31-2)30-34-9-4-3-8-33-20-6-5-15(13-29-20)22(26,27)28/h5-7,11-13H,3-4,8-10H2,1-2H3/b30-14+. The second-order valence-corrected chi connectivity index (χ2v) is 8.15. The van der Waals surface area contributed by atoms with Crippen LogP contribution in [0.2, 0.25) is 5.02 Å². The van der Waals surface area contributed by atoms with E-state index < -0.39 is 11.7 Å². The number of alkyl halides is 3. The lowest BCUT2D eigenvalue weighted by molar-refractivity contribution is -0.137. The Hall–Kier alpha value is -2.36. The Morgan fingerprint density at radius 1 is 1.12 bits per heavy atom. The molecular formula is C22H22Cl3F3N2O4. The fourth-order valence-electron chi connectivity index (χ4n) is 2.60. The summed E-state index contributed by atoms with van der Waals surface area (Å²) in [4.78, 5) is 9.00. The van der Waals surface area contributed by atoms with E-state index in [1.54, 1.807) is 19.1 Å². The maximum atomic E-state index is 12.5. The molecule has 1 aromatic carbocycles. The summed E-state index contributed by atoms with van der Waals surface area (Å²) in [5.41, 5.74) is 0.274. The highest BCUT2D eigenvalue weighted by atomic mass is 35.5. The van der Waals surface area contributed by atoms with Crippen molar-refractivity contribution in [1.82, 2.24) is 4.98 Å². The number of aromatic nitrogens is 1. The van der Waals surface area contributed by atoms with Gasteiger partial charge in [0.25, 0.3) is 0 Å². The Morgan fingerprint density at radius 2 is 1.85 bits per heavy atom. The predicted molar refractivity (Wildman–Crippen MR) is 125 cm³/mol. The number of pyridine rings is 1. The first-order chi connectivity index (χ1) is 16.1. The average molecular weight is 542 g/mol. The molecule has 2 aromatic rings. The van der Waals surface area contributed by atoms with Gasteiger partial charge in [0.1, 0.15) is 29.2 Å². The van der Waals surface area contributed by atoms with Crippen molar-refractivity contribution in [2.75, 3.05) is 26.9 Å². The van der Waals surface area contributed by atoms with Crippen molar-refractivity contribution in [3.63, 3.8) is 0 Å². The average Bonchev–Trinajstić information content (AvgIpc) is 2.77. The smallest absolute Gasteiger partial charge is 0.417 e. The molecule has 0 N–H and O–H groups in total. The highest BCUT2D eigenvalue weighted by Crippen LogP contribution is 2.34. The van der Waals surface area contributed by atoms with Crippen LogP contribution >= 0.6 is 34.8 Å². The fourth-order valence-corrected chi connectivity index (χ4v) is 3.01. The number of hydrogen-bond donors (Lipinski definition) is 0. The molecule has 186 valence electrons. The molecule has 0 radical (unpaired) electrons. The zero-order chi connectivity index (χ0) is 25.1. The molecule has 0 aliphatic heterocycles. The van der Waals surface area contributed by atoms with Gasteiger partial charge in [0.2, 0.25) is 5.88 Å². The van der Waals surface area contributed by atoms with Crippen molar-refractivity contribution in [3.05, 3.63) is 57.2 Å². The molecule has 0 fully saturated rings. The molecule has 0 spiro atoms.